The molecule has 4 rings (SSSR count). The van der Waals surface area contributed by atoms with Gasteiger partial charge in [-0.05, 0) is 48.4 Å². The molecule has 1 amide bonds. The van der Waals surface area contributed by atoms with Gasteiger partial charge in [0.2, 0.25) is 0 Å². The van der Waals surface area contributed by atoms with Crippen LogP contribution in [0.1, 0.15) is 11.3 Å². The number of ether oxygens (including phenoxy) is 1. The smallest absolute Gasteiger partial charge is 0.457 e. The highest BCUT2D eigenvalue weighted by atomic mass is 32.2. The van der Waals surface area contributed by atoms with Crippen LogP contribution in [0.15, 0.2) is 76.1 Å². The second-order valence-corrected chi connectivity index (χ2v) is 8.52. The minimum absolute atomic E-state index is 0.178. The van der Waals surface area contributed by atoms with E-state index in [1.165, 1.54) is 36.0 Å². The summed E-state index contributed by atoms with van der Waals surface area (Å²) in [5.74, 6) is 0.406. The number of nitrogens with zero attached hydrogens (tertiary/aromatic N) is 1. The molecule has 0 unspecified atom stereocenters. The average molecular weight is 476 g/mol. The third kappa shape index (κ3) is 5.41. The molecule has 1 aliphatic rings. The molecule has 0 atom stereocenters. The Bertz CT molecular complexity index is 1160. The van der Waals surface area contributed by atoms with Gasteiger partial charge in [-0.25, -0.2) is 0 Å². The number of furan rings is 1. The van der Waals surface area contributed by atoms with Gasteiger partial charge in [0, 0.05) is 18.2 Å². The van der Waals surface area contributed by atoms with Gasteiger partial charge in [0.25, 0.3) is 5.91 Å². The number of alkyl halides is 3. The summed E-state index contributed by atoms with van der Waals surface area (Å²) in [6.07, 6.45) is -2.43. The van der Waals surface area contributed by atoms with Crippen molar-refractivity contribution in [2.75, 3.05) is 6.54 Å². The topological polar surface area (TPSA) is 42.7 Å². The SMILES string of the molecule is O=C1/C(=C/c2ccc(-c3ccc(OC(F)(F)F)cc3)o2)SC(=S)N1CCc1ccccc1. The zero-order chi connectivity index (χ0) is 22.7. The molecule has 0 saturated carbocycles. The Morgan fingerprint density at radius 2 is 1.75 bits per heavy atom. The van der Waals surface area contributed by atoms with Gasteiger partial charge in [-0.15, -0.1) is 13.2 Å². The molecule has 0 spiro atoms. The molecular weight excluding hydrogens is 459 g/mol. The first-order valence-corrected chi connectivity index (χ1v) is 10.8. The normalized spacial score (nSPS) is 15.6. The van der Waals surface area contributed by atoms with E-state index in [4.69, 9.17) is 16.6 Å². The van der Waals surface area contributed by atoms with Crippen molar-refractivity contribution in [1.82, 2.24) is 4.90 Å². The summed E-state index contributed by atoms with van der Waals surface area (Å²) >= 11 is 6.57. The first kappa shape index (κ1) is 22.2. The van der Waals surface area contributed by atoms with E-state index >= 15 is 0 Å². The van der Waals surface area contributed by atoms with Crippen LogP contribution in [0.4, 0.5) is 13.2 Å². The lowest BCUT2D eigenvalue weighted by atomic mass is 10.1. The molecular formula is C23H16F3NO3S2. The maximum Gasteiger partial charge on any atom is 0.573 e. The van der Waals surface area contributed by atoms with Gasteiger partial charge in [0.05, 0.1) is 4.91 Å². The molecule has 164 valence electrons. The molecule has 0 bridgehead atoms. The molecule has 1 aromatic heterocycles. The van der Waals surface area contributed by atoms with Gasteiger partial charge in [-0.1, -0.05) is 54.3 Å². The van der Waals surface area contributed by atoms with E-state index in [0.29, 0.717) is 39.3 Å². The maximum atomic E-state index is 12.8. The summed E-state index contributed by atoms with van der Waals surface area (Å²) in [5, 5.41) is 0. The van der Waals surface area contributed by atoms with Crippen molar-refractivity contribution < 1.29 is 27.1 Å². The second kappa shape index (κ2) is 9.22. The highest BCUT2D eigenvalue weighted by Crippen LogP contribution is 2.34. The van der Waals surface area contributed by atoms with Crippen molar-refractivity contribution in [3.63, 3.8) is 0 Å². The number of halogens is 3. The van der Waals surface area contributed by atoms with Crippen LogP contribution in [0, 0.1) is 0 Å². The molecule has 0 aliphatic carbocycles. The lowest BCUT2D eigenvalue weighted by Crippen LogP contribution is -2.30. The minimum Gasteiger partial charge on any atom is -0.457 e. The van der Waals surface area contributed by atoms with Crippen LogP contribution in [-0.4, -0.2) is 28.0 Å². The molecule has 3 aromatic rings. The fourth-order valence-corrected chi connectivity index (χ4v) is 4.40. The Balaban J connectivity index is 1.43. The Hall–Kier alpha value is -3.04. The predicted molar refractivity (Wildman–Crippen MR) is 121 cm³/mol. The van der Waals surface area contributed by atoms with Crippen LogP contribution in [0.5, 0.6) is 5.75 Å². The predicted octanol–water partition coefficient (Wildman–Crippen LogP) is 6.29. The van der Waals surface area contributed by atoms with Crippen LogP contribution >= 0.6 is 24.0 Å². The first-order valence-electron chi connectivity index (χ1n) is 9.54. The minimum atomic E-state index is -4.74. The highest BCUT2D eigenvalue weighted by Gasteiger charge is 2.32. The lowest BCUT2D eigenvalue weighted by molar-refractivity contribution is -0.274. The van der Waals surface area contributed by atoms with E-state index in [-0.39, 0.29) is 11.7 Å². The van der Waals surface area contributed by atoms with Gasteiger partial charge in [-0.3, -0.25) is 9.69 Å². The van der Waals surface area contributed by atoms with Gasteiger partial charge in [0.1, 0.15) is 21.6 Å². The summed E-state index contributed by atoms with van der Waals surface area (Å²) in [6, 6.07) is 18.6. The third-order valence-electron chi connectivity index (χ3n) is 4.61. The van der Waals surface area contributed by atoms with Crippen LogP contribution in [0.25, 0.3) is 17.4 Å². The molecule has 4 nitrogen and oxygen atoms in total. The second-order valence-electron chi connectivity index (χ2n) is 6.84. The summed E-state index contributed by atoms with van der Waals surface area (Å²) in [6.45, 7) is 0.488. The number of thiocarbonyl (C=S) groups is 1. The number of carbonyl (C=O) groups is 1. The molecule has 9 heteroatoms. The van der Waals surface area contributed by atoms with Gasteiger partial charge in [-0.2, -0.15) is 0 Å². The molecule has 0 N–H and O–H groups in total. The summed E-state index contributed by atoms with van der Waals surface area (Å²) < 4.78 is 47.0. The Morgan fingerprint density at radius 1 is 1.03 bits per heavy atom. The van der Waals surface area contributed by atoms with E-state index < -0.39 is 6.36 Å². The largest absolute Gasteiger partial charge is 0.573 e. The van der Waals surface area contributed by atoms with E-state index in [1.54, 1.807) is 23.1 Å². The molecule has 1 aliphatic heterocycles. The Morgan fingerprint density at radius 3 is 2.44 bits per heavy atom. The van der Waals surface area contributed by atoms with Crippen molar-refractivity contribution >= 4 is 40.3 Å². The monoisotopic (exact) mass is 475 g/mol. The van der Waals surface area contributed by atoms with Crippen molar-refractivity contribution in [2.45, 2.75) is 12.8 Å². The molecule has 2 heterocycles. The van der Waals surface area contributed by atoms with Crippen molar-refractivity contribution in [1.29, 1.82) is 0 Å². The Kier molecular flexibility index (Phi) is 6.38. The number of hydrogen-bond donors (Lipinski definition) is 0. The number of carbonyl (C=O) groups excluding carboxylic acids is 1. The quantitative estimate of drug-likeness (QED) is 0.310. The van der Waals surface area contributed by atoms with Crippen LogP contribution in [0.3, 0.4) is 0 Å². The van der Waals surface area contributed by atoms with E-state index in [1.807, 2.05) is 30.3 Å². The summed E-state index contributed by atoms with van der Waals surface area (Å²) in [7, 11) is 0. The maximum absolute atomic E-state index is 12.8. The number of hydrogen-bond acceptors (Lipinski definition) is 5. The Labute approximate surface area is 191 Å². The molecule has 0 radical (unpaired) electrons. The van der Waals surface area contributed by atoms with Crippen LogP contribution < -0.4 is 4.74 Å². The number of thioether (sulfide) groups is 1. The van der Waals surface area contributed by atoms with Crippen LogP contribution in [0.2, 0.25) is 0 Å². The van der Waals surface area contributed by atoms with Gasteiger partial charge < -0.3 is 9.15 Å². The molecule has 2 aromatic carbocycles. The molecule has 1 saturated heterocycles. The number of rotatable bonds is 6. The zero-order valence-corrected chi connectivity index (χ0v) is 18.1. The fourth-order valence-electron chi connectivity index (χ4n) is 3.11. The van der Waals surface area contributed by atoms with Crippen LogP contribution in [-0.2, 0) is 11.2 Å². The van der Waals surface area contributed by atoms with E-state index in [9.17, 15) is 18.0 Å². The standard InChI is InChI=1S/C23H16F3NO3S2/c24-23(25,26)30-17-8-6-16(7-9-17)19-11-10-18(29-19)14-20-21(28)27(22(31)32-20)13-12-15-4-2-1-3-5-15/h1-11,14H,12-13H2/b20-14-. The van der Waals surface area contributed by atoms with Crippen molar-refractivity contribution in [3.8, 4) is 17.1 Å². The fraction of sp³-hybridized carbons (Fsp3) is 0.130. The summed E-state index contributed by atoms with van der Waals surface area (Å²) in [5.41, 5.74) is 1.70. The first-order chi connectivity index (χ1) is 15.3. The van der Waals surface area contributed by atoms with Crippen molar-refractivity contribution in [3.05, 3.63) is 83.0 Å². The third-order valence-corrected chi connectivity index (χ3v) is 5.99. The average Bonchev–Trinajstić information content (AvgIpc) is 3.32. The highest BCUT2D eigenvalue weighted by molar-refractivity contribution is 8.26. The van der Waals surface area contributed by atoms with Gasteiger partial charge in [0.15, 0.2) is 0 Å². The summed E-state index contributed by atoms with van der Waals surface area (Å²) in [4.78, 5) is 14.8. The van der Waals surface area contributed by atoms with E-state index in [2.05, 4.69) is 4.74 Å². The number of amides is 1. The number of benzene rings is 2. The van der Waals surface area contributed by atoms with Gasteiger partial charge >= 0.3 is 6.36 Å². The van der Waals surface area contributed by atoms with E-state index in [0.717, 1.165) is 5.56 Å². The lowest BCUT2D eigenvalue weighted by Gasteiger charge is -2.14. The zero-order valence-electron chi connectivity index (χ0n) is 16.5. The molecule has 1 fully saturated rings. The van der Waals surface area contributed by atoms with Crippen molar-refractivity contribution in [2.24, 2.45) is 0 Å². The molecule has 32 heavy (non-hydrogen) atoms.